The van der Waals surface area contributed by atoms with Crippen LogP contribution >= 0.6 is 11.3 Å². The zero-order chi connectivity index (χ0) is 15.4. The van der Waals surface area contributed by atoms with E-state index >= 15 is 0 Å². The molecule has 0 saturated carbocycles. The number of hydrogen-bond donors (Lipinski definition) is 1. The second kappa shape index (κ2) is 6.88. The van der Waals surface area contributed by atoms with Crippen molar-refractivity contribution in [2.24, 2.45) is 0 Å². The molecule has 20 heavy (non-hydrogen) atoms. The third-order valence-corrected chi connectivity index (χ3v) is 6.09. The molecule has 1 aromatic heterocycles. The van der Waals surface area contributed by atoms with Gasteiger partial charge >= 0.3 is 6.18 Å². The molecule has 0 atom stereocenters. The lowest BCUT2D eigenvalue weighted by atomic mass is 10.3. The van der Waals surface area contributed by atoms with Gasteiger partial charge in [-0.3, -0.25) is 0 Å². The molecule has 4 nitrogen and oxygen atoms in total. The van der Waals surface area contributed by atoms with Crippen LogP contribution in [0, 0.1) is 0 Å². The first-order valence-electron chi connectivity index (χ1n) is 6.01. The molecule has 0 saturated heterocycles. The maximum Gasteiger partial charge on any atom is 0.402 e. The second-order valence-electron chi connectivity index (χ2n) is 4.12. The van der Waals surface area contributed by atoms with Crippen molar-refractivity contribution in [3.8, 4) is 0 Å². The number of halogens is 3. The summed E-state index contributed by atoms with van der Waals surface area (Å²) in [5, 5.41) is 2.93. The van der Waals surface area contributed by atoms with Crippen molar-refractivity contribution in [1.29, 1.82) is 0 Å². The molecule has 0 unspecified atom stereocenters. The van der Waals surface area contributed by atoms with E-state index in [4.69, 9.17) is 0 Å². The number of alkyl halides is 3. The molecule has 0 aliphatic heterocycles. The van der Waals surface area contributed by atoms with Gasteiger partial charge < -0.3 is 5.32 Å². The number of rotatable bonds is 7. The fraction of sp³-hybridized carbons (Fsp3) is 0.636. The number of hydrogen-bond acceptors (Lipinski definition) is 4. The Kier molecular flexibility index (Phi) is 5.99. The summed E-state index contributed by atoms with van der Waals surface area (Å²) >= 11 is 1.01. The monoisotopic (exact) mass is 330 g/mol. The lowest BCUT2D eigenvalue weighted by Crippen LogP contribution is -2.38. The number of thiophene rings is 1. The van der Waals surface area contributed by atoms with Gasteiger partial charge in [0.1, 0.15) is 10.8 Å². The maximum absolute atomic E-state index is 12.4. The van der Waals surface area contributed by atoms with Crippen molar-refractivity contribution in [3.63, 3.8) is 0 Å². The van der Waals surface area contributed by atoms with E-state index in [1.165, 1.54) is 13.0 Å². The lowest BCUT2D eigenvalue weighted by molar-refractivity contribution is -0.135. The fourth-order valence-electron chi connectivity index (χ4n) is 1.57. The summed E-state index contributed by atoms with van der Waals surface area (Å²) in [6, 6.07) is 3.00. The van der Waals surface area contributed by atoms with Crippen LogP contribution in [0.25, 0.3) is 0 Å². The average Bonchev–Trinajstić information content (AvgIpc) is 2.81. The van der Waals surface area contributed by atoms with E-state index in [0.717, 1.165) is 16.2 Å². The number of likely N-dealkylation sites (N-methyl/N-ethyl adjacent to an activating group) is 1. The van der Waals surface area contributed by atoms with Gasteiger partial charge in [-0.25, -0.2) is 8.42 Å². The van der Waals surface area contributed by atoms with Gasteiger partial charge in [0, 0.05) is 11.4 Å². The molecule has 1 aromatic rings. The Morgan fingerprint density at radius 3 is 2.50 bits per heavy atom. The van der Waals surface area contributed by atoms with Gasteiger partial charge in [-0.15, -0.1) is 11.3 Å². The van der Waals surface area contributed by atoms with E-state index in [-0.39, 0.29) is 10.8 Å². The Morgan fingerprint density at radius 2 is 2.00 bits per heavy atom. The van der Waals surface area contributed by atoms with Crippen LogP contribution in [0.1, 0.15) is 11.8 Å². The fourth-order valence-corrected chi connectivity index (χ4v) is 4.52. The van der Waals surface area contributed by atoms with E-state index in [0.29, 0.717) is 17.3 Å². The number of sulfonamides is 1. The highest BCUT2D eigenvalue weighted by atomic mass is 32.2. The first-order chi connectivity index (χ1) is 9.20. The molecule has 0 radical (unpaired) electrons. The number of nitrogens with zero attached hydrogens (tertiary/aromatic N) is 1. The highest BCUT2D eigenvalue weighted by molar-refractivity contribution is 7.91. The SMILES string of the molecule is CCN(CC(F)(F)F)S(=O)(=O)c1ccc(CCNC)s1. The lowest BCUT2D eigenvalue weighted by Gasteiger charge is -2.20. The standard InChI is InChI=1S/C11H17F3N2O2S2/c1-3-16(8-11(12,13)14)20(17,18)10-5-4-9(19-10)6-7-15-2/h4-5,15H,3,6-8H2,1-2H3. The van der Waals surface area contributed by atoms with Crippen molar-refractivity contribution >= 4 is 21.4 Å². The summed E-state index contributed by atoms with van der Waals surface area (Å²) in [6.45, 7) is 0.389. The Bertz CT molecular complexity index is 526. The molecule has 0 aliphatic carbocycles. The van der Waals surface area contributed by atoms with Crippen molar-refractivity contribution in [3.05, 3.63) is 17.0 Å². The smallest absolute Gasteiger partial charge is 0.319 e. The topological polar surface area (TPSA) is 49.4 Å². The van der Waals surface area contributed by atoms with Gasteiger partial charge in [-0.05, 0) is 32.1 Å². The molecule has 0 aliphatic rings. The molecule has 1 rings (SSSR count). The summed E-state index contributed by atoms with van der Waals surface area (Å²) in [5.74, 6) is 0. The van der Waals surface area contributed by atoms with Crippen molar-refractivity contribution < 1.29 is 21.6 Å². The normalized spacial score (nSPS) is 13.1. The average molecular weight is 330 g/mol. The van der Waals surface area contributed by atoms with E-state index in [2.05, 4.69) is 5.32 Å². The van der Waals surface area contributed by atoms with Crippen LogP contribution in [0.5, 0.6) is 0 Å². The summed E-state index contributed by atoms with van der Waals surface area (Å²) < 4.78 is 61.9. The molecule has 0 amide bonds. The molecule has 0 fully saturated rings. The van der Waals surface area contributed by atoms with Gasteiger partial charge in [0.15, 0.2) is 0 Å². The Labute approximate surface area is 120 Å². The summed E-state index contributed by atoms with van der Waals surface area (Å²) in [7, 11) is -2.31. The zero-order valence-corrected chi connectivity index (χ0v) is 12.8. The van der Waals surface area contributed by atoms with Crippen LogP contribution in [0.4, 0.5) is 13.2 Å². The molecular weight excluding hydrogens is 313 g/mol. The van der Waals surface area contributed by atoms with E-state index in [1.807, 2.05) is 0 Å². The molecule has 1 N–H and O–H groups in total. The van der Waals surface area contributed by atoms with Crippen LogP contribution in [0.2, 0.25) is 0 Å². The highest BCUT2D eigenvalue weighted by Gasteiger charge is 2.36. The van der Waals surface area contributed by atoms with Crippen LogP contribution in [0.15, 0.2) is 16.3 Å². The summed E-state index contributed by atoms with van der Waals surface area (Å²) in [6.07, 6.45) is -3.91. The van der Waals surface area contributed by atoms with E-state index in [1.54, 1.807) is 13.1 Å². The zero-order valence-electron chi connectivity index (χ0n) is 11.2. The minimum atomic E-state index is -4.55. The largest absolute Gasteiger partial charge is 0.402 e. The summed E-state index contributed by atoms with van der Waals surface area (Å²) in [5.41, 5.74) is 0. The van der Waals surface area contributed by atoms with Gasteiger partial charge in [0.2, 0.25) is 0 Å². The van der Waals surface area contributed by atoms with Crippen LogP contribution in [0.3, 0.4) is 0 Å². The quantitative estimate of drug-likeness (QED) is 0.833. The Morgan fingerprint density at radius 1 is 1.35 bits per heavy atom. The number of nitrogens with one attached hydrogen (secondary N) is 1. The predicted molar refractivity (Wildman–Crippen MR) is 72.4 cm³/mol. The Hall–Kier alpha value is -0.640. The van der Waals surface area contributed by atoms with Crippen LogP contribution < -0.4 is 5.32 Å². The second-order valence-corrected chi connectivity index (χ2v) is 7.45. The highest BCUT2D eigenvalue weighted by Crippen LogP contribution is 2.27. The predicted octanol–water partition coefficient (Wildman–Crippen LogP) is 2.08. The first-order valence-corrected chi connectivity index (χ1v) is 8.26. The molecule has 9 heteroatoms. The third kappa shape index (κ3) is 4.72. The minimum Gasteiger partial charge on any atom is -0.319 e. The van der Waals surface area contributed by atoms with Gasteiger partial charge in [0.05, 0.1) is 0 Å². The third-order valence-electron chi connectivity index (χ3n) is 2.56. The van der Waals surface area contributed by atoms with Gasteiger partial charge in [-0.2, -0.15) is 17.5 Å². The Balaban J connectivity index is 2.93. The van der Waals surface area contributed by atoms with Gasteiger partial charge in [-0.1, -0.05) is 6.92 Å². The molecule has 1 heterocycles. The maximum atomic E-state index is 12.4. The van der Waals surface area contributed by atoms with Crippen molar-refractivity contribution in [1.82, 2.24) is 9.62 Å². The molecule has 116 valence electrons. The van der Waals surface area contributed by atoms with Crippen molar-refractivity contribution in [2.45, 2.75) is 23.7 Å². The van der Waals surface area contributed by atoms with Crippen LogP contribution in [-0.2, 0) is 16.4 Å². The minimum absolute atomic E-state index is 0.0466. The first kappa shape index (κ1) is 17.4. The molecule has 0 spiro atoms. The molecule has 0 bridgehead atoms. The molecule has 0 aromatic carbocycles. The van der Waals surface area contributed by atoms with Crippen molar-refractivity contribution in [2.75, 3.05) is 26.7 Å². The van der Waals surface area contributed by atoms with E-state index in [9.17, 15) is 21.6 Å². The molecular formula is C11H17F3N2O2S2. The van der Waals surface area contributed by atoms with Gasteiger partial charge in [0.25, 0.3) is 10.0 Å². The summed E-state index contributed by atoms with van der Waals surface area (Å²) in [4.78, 5) is 0.820. The van der Waals surface area contributed by atoms with Crippen LogP contribution in [-0.4, -0.2) is 45.6 Å². The van der Waals surface area contributed by atoms with E-state index < -0.39 is 22.7 Å².